The number of ether oxygens (including phenoxy) is 1. The van der Waals surface area contributed by atoms with E-state index in [1.54, 1.807) is 17.9 Å². The zero-order chi connectivity index (χ0) is 13.1. The Morgan fingerprint density at radius 2 is 1.83 bits per heavy atom. The maximum atomic E-state index is 11.6. The summed E-state index contributed by atoms with van der Waals surface area (Å²) in [6.07, 6.45) is 3.44. The van der Waals surface area contributed by atoms with Crippen molar-refractivity contribution in [3.63, 3.8) is 0 Å². The summed E-state index contributed by atoms with van der Waals surface area (Å²) in [5.41, 5.74) is 1.71. The average Bonchev–Trinajstić information content (AvgIpc) is 2.39. The molecule has 0 unspecified atom stereocenters. The van der Waals surface area contributed by atoms with Gasteiger partial charge in [0.1, 0.15) is 5.75 Å². The molecule has 0 atom stereocenters. The van der Waals surface area contributed by atoms with Crippen LogP contribution in [0.4, 0.5) is 0 Å². The molecule has 2 rings (SSSR count). The fraction of sp³-hybridized carbons (Fsp3) is 0.286. The third kappa shape index (κ3) is 2.42. The molecule has 1 heterocycles. The van der Waals surface area contributed by atoms with Crippen LogP contribution in [-0.4, -0.2) is 16.7 Å². The van der Waals surface area contributed by atoms with Crippen molar-refractivity contribution in [1.29, 1.82) is 0 Å². The second-order valence-corrected chi connectivity index (χ2v) is 4.35. The number of benzene rings is 1. The Bertz CT molecular complexity index is 585. The average molecular weight is 244 g/mol. The van der Waals surface area contributed by atoms with E-state index >= 15 is 0 Å². The first-order valence-electron chi connectivity index (χ1n) is 5.84. The fourth-order valence-corrected chi connectivity index (χ4v) is 1.73. The number of nitrogens with zero attached hydrogens (tertiary/aromatic N) is 2. The Morgan fingerprint density at radius 1 is 1.17 bits per heavy atom. The molecular weight excluding hydrogens is 228 g/mol. The van der Waals surface area contributed by atoms with E-state index in [2.05, 4.69) is 4.98 Å². The third-order valence-corrected chi connectivity index (χ3v) is 2.79. The molecular formula is C14H16N2O2. The van der Waals surface area contributed by atoms with Crippen molar-refractivity contribution in [2.45, 2.75) is 19.9 Å². The van der Waals surface area contributed by atoms with Gasteiger partial charge in [-0.2, -0.15) is 0 Å². The predicted octanol–water partition coefficient (Wildman–Crippen LogP) is 2.50. The van der Waals surface area contributed by atoms with Crippen LogP contribution in [0.3, 0.4) is 0 Å². The van der Waals surface area contributed by atoms with E-state index in [-0.39, 0.29) is 11.7 Å². The minimum Gasteiger partial charge on any atom is -0.497 e. The van der Waals surface area contributed by atoms with Crippen molar-refractivity contribution in [2.75, 3.05) is 7.11 Å². The second kappa shape index (κ2) is 5.04. The highest BCUT2D eigenvalue weighted by Crippen LogP contribution is 2.21. The van der Waals surface area contributed by atoms with Crippen molar-refractivity contribution in [3.8, 4) is 16.9 Å². The Hall–Kier alpha value is -2.10. The quantitative estimate of drug-likeness (QED) is 0.833. The molecule has 0 amide bonds. The summed E-state index contributed by atoms with van der Waals surface area (Å²) in [5, 5.41) is 0. The minimum atomic E-state index is -0.220. The predicted molar refractivity (Wildman–Crippen MR) is 70.9 cm³/mol. The van der Waals surface area contributed by atoms with E-state index in [0.717, 1.165) is 16.9 Å². The van der Waals surface area contributed by atoms with Gasteiger partial charge in [-0.25, -0.2) is 9.78 Å². The van der Waals surface area contributed by atoms with E-state index in [0.29, 0.717) is 0 Å². The Balaban J connectivity index is 2.44. The molecule has 0 spiro atoms. The Kier molecular flexibility index (Phi) is 3.46. The molecule has 0 aliphatic heterocycles. The minimum absolute atomic E-state index is 0.100. The van der Waals surface area contributed by atoms with Gasteiger partial charge in [0.05, 0.1) is 7.11 Å². The van der Waals surface area contributed by atoms with Crippen LogP contribution in [0.2, 0.25) is 0 Å². The molecule has 0 radical (unpaired) electrons. The molecule has 0 aliphatic carbocycles. The molecule has 0 saturated carbocycles. The van der Waals surface area contributed by atoms with Crippen LogP contribution in [-0.2, 0) is 0 Å². The first kappa shape index (κ1) is 12.4. The van der Waals surface area contributed by atoms with E-state index in [9.17, 15) is 4.79 Å². The second-order valence-electron chi connectivity index (χ2n) is 4.35. The van der Waals surface area contributed by atoms with Crippen molar-refractivity contribution in [3.05, 3.63) is 47.1 Å². The van der Waals surface area contributed by atoms with Gasteiger partial charge in [0.15, 0.2) is 0 Å². The Morgan fingerprint density at radius 3 is 2.39 bits per heavy atom. The van der Waals surface area contributed by atoms with Gasteiger partial charge in [-0.15, -0.1) is 0 Å². The lowest BCUT2D eigenvalue weighted by atomic mass is 10.1. The lowest BCUT2D eigenvalue weighted by Gasteiger charge is -2.10. The van der Waals surface area contributed by atoms with Crippen LogP contribution in [0.25, 0.3) is 11.1 Å². The smallest absolute Gasteiger partial charge is 0.347 e. The van der Waals surface area contributed by atoms with E-state index in [1.165, 1.54) is 0 Å². The molecule has 0 fully saturated rings. The van der Waals surface area contributed by atoms with Crippen molar-refractivity contribution in [2.24, 2.45) is 0 Å². The number of hydrogen-bond acceptors (Lipinski definition) is 3. The number of rotatable bonds is 3. The summed E-state index contributed by atoms with van der Waals surface area (Å²) < 4.78 is 6.74. The van der Waals surface area contributed by atoms with Crippen LogP contribution in [0.1, 0.15) is 19.9 Å². The molecule has 0 N–H and O–H groups in total. The zero-order valence-electron chi connectivity index (χ0n) is 10.8. The van der Waals surface area contributed by atoms with Gasteiger partial charge in [0, 0.05) is 24.0 Å². The van der Waals surface area contributed by atoms with Crippen molar-refractivity contribution in [1.82, 2.24) is 9.55 Å². The molecule has 2 aromatic rings. The molecule has 0 bridgehead atoms. The van der Waals surface area contributed by atoms with Crippen LogP contribution >= 0.6 is 0 Å². The third-order valence-electron chi connectivity index (χ3n) is 2.79. The molecule has 1 aromatic carbocycles. The van der Waals surface area contributed by atoms with E-state index in [4.69, 9.17) is 4.74 Å². The monoisotopic (exact) mass is 244 g/mol. The molecule has 94 valence electrons. The lowest BCUT2D eigenvalue weighted by molar-refractivity contribution is 0.415. The summed E-state index contributed by atoms with van der Waals surface area (Å²) in [7, 11) is 1.63. The van der Waals surface area contributed by atoms with Crippen LogP contribution in [0.5, 0.6) is 5.75 Å². The van der Waals surface area contributed by atoms with Gasteiger partial charge < -0.3 is 4.74 Å². The number of hydrogen-bond donors (Lipinski definition) is 0. The van der Waals surface area contributed by atoms with Gasteiger partial charge in [-0.1, -0.05) is 12.1 Å². The van der Waals surface area contributed by atoms with Gasteiger partial charge >= 0.3 is 5.69 Å². The Labute approximate surface area is 106 Å². The van der Waals surface area contributed by atoms with Crippen molar-refractivity contribution >= 4 is 0 Å². The zero-order valence-corrected chi connectivity index (χ0v) is 10.8. The summed E-state index contributed by atoms with van der Waals surface area (Å²) in [5.74, 6) is 0.809. The fourth-order valence-electron chi connectivity index (χ4n) is 1.73. The highest BCUT2D eigenvalue weighted by molar-refractivity contribution is 5.62. The van der Waals surface area contributed by atoms with E-state index in [1.807, 2.05) is 44.3 Å². The van der Waals surface area contributed by atoms with Gasteiger partial charge in [-0.3, -0.25) is 4.57 Å². The molecule has 4 heteroatoms. The molecule has 4 nitrogen and oxygen atoms in total. The maximum absolute atomic E-state index is 11.6. The highest BCUT2D eigenvalue weighted by Gasteiger charge is 2.05. The van der Waals surface area contributed by atoms with Crippen LogP contribution < -0.4 is 10.4 Å². The summed E-state index contributed by atoms with van der Waals surface area (Å²) in [6, 6.07) is 7.78. The van der Waals surface area contributed by atoms with Crippen LogP contribution in [0, 0.1) is 0 Å². The molecule has 18 heavy (non-hydrogen) atoms. The number of methoxy groups -OCH3 is 1. The maximum Gasteiger partial charge on any atom is 0.347 e. The largest absolute Gasteiger partial charge is 0.497 e. The molecule has 0 aliphatic rings. The first-order valence-corrected chi connectivity index (χ1v) is 5.84. The van der Waals surface area contributed by atoms with Gasteiger partial charge in [-0.05, 0) is 31.5 Å². The van der Waals surface area contributed by atoms with E-state index < -0.39 is 0 Å². The number of aromatic nitrogens is 2. The van der Waals surface area contributed by atoms with Gasteiger partial charge in [0.25, 0.3) is 0 Å². The van der Waals surface area contributed by atoms with Crippen LogP contribution in [0.15, 0.2) is 41.5 Å². The highest BCUT2D eigenvalue weighted by atomic mass is 16.5. The summed E-state index contributed by atoms with van der Waals surface area (Å²) in [4.78, 5) is 15.5. The summed E-state index contributed by atoms with van der Waals surface area (Å²) in [6.45, 7) is 3.92. The standard InChI is InChI=1S/C14H16N2O2/c1-10(2)16-9-12(8-15-14(16)17)11-4-6-13(18-3)7-5-11/h4-10H,1-3H3. The first-order chi connectivity index (χ1) is 8.61. The molecule has 0 saturated heterocycles. The normalized spacial score (nSPS) is 10.7. The molecule has 1 aromatic heterocycles. The summed E-state index contributed by atoms with van der Waals surface area (Å²) >= 11 is 0. The SMILES string of the molecule is COc1ccc(-c2cnc(=O)n(C(C)C)c2)cc1. The lowest BCUT2D eigenvalue weighted by Crippen LogP contribution is -2.23. The van der Waals surface area contributed by atoms with Gasteiger partial charge in [0.2, 0.25) is 0 Å². The van der Waals surface area contributed by atoms with Crippen molar-refractivity contribution < 1.29 is 4.74 Å². The topological polar surface area (TPSA) is 44.1 Å².